The van der Waals surface area contributed by atoms with Crippen LogP contribution in [0.1, 0.15) is 22.7 Å². The molecular weight excluding hydrogens is 419 g/mol. The average molecular weight is 432 g/mol. The van der Waals surface area contributed by atoms with Gasteiger partial charge in [-0.15, -0.1) is 0 Å². The Balaban J connectivity index is 1.96. The molecule has 1 aliphatic rings. The number of nitriles is 1. The van der Waals surface area contributed by atoms with E-state index < -0.39 is 5.92 Å². The van der Waals surface area contributed by atoms with Gasteiger partial charge in [0.05, 0.1) is 32.9 Å². The van der Waals surface area contributed by atoms with Crippen molar-refractivity contribution in [1.29, 1.82) is 5.26 Å². The Labute approximate surface area is 176 Å². The fraction of sp³-hybridized carbons (Fsp3) is 0.100. The second kappa shape index (κ2) is 7.06. The number of benzene rings is 2. The Hall–Kier alpha value is -2.65. The normalized spacial score (nSPS) is 15.8. The van der Waals surface area contributed by atoms with Gasteiger partial charge in [0, 0.05) is 5.02 Å². The van der Waals surface area contributed by atoms with Crippen LogP contribution < -0.4 is 10.5 Å². The molecule has 2 aromatic carbocycles. The van der Waals surface area contributed by atoms with E-state index in [0.29, 0.717) is 32.2 Å². The summed E-state index contributed by atoms with van der Waals surface area (Å²) in [7, 11) is 0. The van der Waals surface area contributed by atoms with E-state index in [1.807, 2.05) is 25.1 Å². The highest BCUT2D eigenvalue weighted by Gasteiger charge is 2.36. The number of aromatic nitrogens is 2. The fourth-order valence-electron chi connectivity index (χ4n) is 3.32. The van der Waals surface area contributed by atoms with Crippen LogP contribution in [-0.2, 0) is 0 Å². The highest BCUT2D eigenvalue weighted by molar-refractivity contribution is 6.42. The number of nitrogens with zero attached hydrogens (tertiary/aromatic N) is 3. The first-order chi connectivity index (χ1) is 13.4. The monoisotopic (exact) mass is 430 g/mol. The summed E-state index contributed by atoms with van der Waals surface area (Å²) < 4.78 is 7.45. The second-order valence-corrected chi connectivity index (χ2v) is 7.55. The van der Waals surface area contributed by atoms with E-state index >= 15 is 0 Å². The summed E-state index contributed by atoms with van der Waals surface area (Å²) >= 11 is 18.4. The number of rotatable bonds is 2. The highest BCUT2D eigenvalue weighted by Crippen LogP contribution is 2.45. The predicted octanol–water partition coefficient (Wildman–Crippen LogP) is 5.36. The van der Waals surface area contributed by atoms with Crippen molar-refractivity contribution in [2.45, 2.75) is 12.8 Å². The SMILES string of the molecule is Cc1nn(-c2cccc(Cl)c2)c2c1C(c1ccc(Cl)c(Cl)c1)C(C#N)=C(N)O2. The number of ether oxygens (including phenoxy) is 1. The largest absolute Gasteiger partial charge is 0.422 e. The average Bonchev–Trinajstić information content (AvgIpc) is 2.99. The van der Waals surface area contributed by atoms with Crippen molar-refractivity contribution in [2.75, 3.05) is 0 Å². The molecule has 0 fully saturated rings. The summed E-state index contributed by atoms with van der Waals surface area (Å²) in [6.07, 6.45) is 0. The van der Waals surface area contributed by atoms with Gasteiger partial charge in [-0.25, -0.2) is 4.68 Å². The van der Waals surface area contributed by atoms with E-state index in [4.69, 9.17) is 45.3 Å². The number of hydrogen-bond acceptors (Lipinski definition) is 4. The number of allylic oxidation sites excluding steroid dienone is 1. The molecule has 1 unspecified atom stereocenters. The van der Waals surface area contributed by atoms with Crippen molar-refractivity contribution in [1.82, 2.24) is 9.78 Å². The third-order valence-electron chi connectivity index (χ3n) is 4.56. The molecule has 1 atom stereocenters. The van der Waals surface area contributed by atoms with E-state index in [9.17, 15) is 5.26 Å². The van der Waals surface area contributed by atoms with Crippen LogP contribution in [0.5, 0.6) is 5.88 Å². The molecule has 0 bridgehead atoms. The van der Waals surface area contributed by atoms with Crippen LogP contribution in [0.2, 0.25) is 15.1 Å². The Kier molecular flexibility index (Phi) is 4.72. The van der Waals surface area contributed by atoms with Gasteiger partial charge in [0.2, 0.25) is 11.8 Å². The van der Waals surface area contributed by atoms with E-state index in [1.54, 1.807) is 28.9 Å². The Morgan fingerprint density at radius 2 is 1.93 bits per heavy atom. The van der Waals surface area contributed by atoms with Crippen LogP contribution in [0.25, 0.3) is 5.69 Å². The quantitative estimate of drug-likeness (QED) is 0.592. The van der Waals surface area contributed by atoms with Crippen molar-refractivity contribution < 1.29 is 4.74 Å². The third kappa shape index (κ3) is 3.00. The first-order valence-corrected chi connectivity index (χ1v) is 9.42. The van der Waals surface area contributed by atoms with E-state index in [1.165, 1.54) is 0 Å². The molecule has 0 amide bonds. The molecule has 0 saturated heterocycles. The van der Waals surface area contributed by atoms with Crippen LogP contribution in [0.4, 0.5) is 0 Å². The van der Waals surface area contributed by atoms with E-state index in [-0.39, 0.29) is 5.88 Å². The van der Waals surface area contributed by atoms with E-state index in [0.717, 1.165) is 16.8 Å². The Morgan fingerprint density at radius 1 is 1.14 bits per heavy atom. The molecule has 5 nitrogen and oxygen atoms in total. The summed E-state index contributed by atoms with van der Waals surface area (Å²) in [5, 5.41) is 15.7. The minimum atomic E-state index is -0.476. The molecule has 8 heteroatoms. The van der Waals surface area contributed by atoms with Gasteiger partial charge in [-0.1, -0.05) is 46.9 Å². The number of nitrogens with two attached hydrogens (primary N) is 1. The number of aryl methyl sites for hydroxylation is 1. The molecule has 0 aliphatic carbocycles. The first kappa shape index (κ1) is 18.7. The molecule has 1 aliphatic heterocycles. The highest BCUT2D eigenvalue weighted by atomic mass is 35.5. The van der Waals surface area contributed by atoms with Crippen LogP contribution in [-0.4, -0.2) is 9.78 Å². The standard InChI is InChI=1S/C20H13Cl3N4O/c1-10-17-18(11-5-6-15(22)16(23)7-11)14(9-24)19(25)28-20(17)27(26-10)13-4-2-3-12(21)8-13/h2-8,18H,25H2,1H3. The second-order valence-electron chi connectivity index (χ2n) is 6.29. The number of halogens is 3. The predicted molar refractivity (Wildman–Crippen MR) is 109 cm³/mol. The molecule has 1 aromatic heterocycles. The summed E-state index contributed by atoms with van der Waals surface area (Å²) in [5.74, 6) is -0.0157. The Morgan fingerprint density at radius 3 is 2.61 bits per heavy atom. The summed E-state index contributed by atoms with van der Waals surface area (Å²) in [5.41, 5.74) is 9.32. The van der Waals surface area contributed by atoms with E-state index in [2.05, 4.69) is 11.2 Å². The molecule has 28 heavy (non-hydrogen) atoms. The summed E-state index contributed by atoms with van der Waals surface area (Å²) in [6, 6.07) is 14.6. The molecule has 0 radical (unpaired) electrons. The Bertz CT molecular complexity index is 1180. The van der Waals surface area contributed by atoms with Gasteiger partial charge < -0.3 is 10.5 Å². The lowest BCUT2D eigenvalue weighted by atomic mass is 9.84. The maximum absolute atomic E-state index is 9.72. The third-order valence-corrected chi connectivity index (χ3v) is 5.54. The van der Waals surface area contributed by atoms with Crippen molar-refractivity contribution in [3.63, 3.8) is 0 Å². The zero-order chi connectivity index (χ0) is 20.0. The maximum Gasteiger partial charge on any atom is 0.229 e. The molecule has 2 N–H and O–H groups in total. The molecular formula is C20H13Cl3N4O. The van der Waals surface area contributed by atoms with Gasteiger partial charge in [0.15, 0.2) is 0 Å². The fourth-order valence-corrected chi connectivity index (χ4v) is 3.81. The molecule has 4 rings (SSSR count). The van der Waals surface area contributed by atoms with Gasteiger partial charge in [-0.3, -0.25) is 0 Å². The first-order valence-electron chi connectivity index (χ1n) is 8.28. The van der Waals surface area contributed by atoms with Crippen molar-refractivity contribution >= 4 is 34.8 Å². The van der Waals surface area contributed by atoms with Gasteiger partial charge in [0.25, 0.3) is 0 Å². The molecule has 2 heterocycles. The topological polar surface area (TPSA) is 76.9 Å². The lowest BCUT2D eigenvalue weighted by Crippen LogP contribution is -2.22. The number of fused-ring (bicyclic) bond motifs is 1. The number of hydrogen-bond donors (Lipinski definition) is 1. The van der Waals surface area contributed by atoms with Gasteiger partial charge >= 0.3 is 0 Å². The molecule has 140 valence electrons. The zero-order valence-electron chi connectivity index (χ0n) is 14.6. The molecule has 0 spiro atoms. The minimum Gasteiger partial charge on any atom is -0.422 e. The summed E-state index contributed by atoms with van der Waals surface area (Å²) in [4.78, 5) is 0. The van der Waals surface area contributed by atoms with Crippen LogP contribution >= 0.6 is 34.8 Å². The van der Waals surface area contributed by atoms with Crippen molar-refractivity contribution in [3.8, 4) is 17.6 Å². The van der Waals surface area contributed by atoms with Crippen LogP contribution in [0.15, 0.2) is 53.9 Å². The van der Waals surface area contributed by atoms with Crippen LogP contribution in [0, 0.1) is 18.3 Å². The lowest BCUT2D eigenvalue weighted by Gasteiger charge is -2.25. The van der Waals surface area contributed by atoms with Crippen LogP contribution in [0.3, 0.4) is 0 Å². The van der Waals surface area contributed by atoms with Gasteiger partial charge in [-0.2, -0.15) is 10.4 Å². The molecule has 3 aromatic rings. The zero-order valence-corrected chi connectivity index (χ0v) is 16.8. The summed E-state index contributed by atoms with van der Waals surface area (Å²) in [6.45, 7) is 1.85. The van der Waals surface area contributed by atoms with Gasteiger partial charge in [-0.05, 0) is 42.8 Å². The molecule has 0 saturated carbocycles. The van der Waals surface area contributed by atoms with Gasteiger partial charge in [0.1, 0.15) is 11.6 Å². The maximum atomic E-state index is 9.72. The minimum absolute atomic E-state index is 0.0225. The van der Waals surface area contributed by atoms with Crippen molar-refractivity contribution in [3.05, 3.63) is 85.8 Å². The lowest BCUT2D eigenvalue weighted by molar-refractivity contribution is 0.367. The smallest absolute Gasteiger partial charge is 0.229 e. The van der Waals surface area contributed by atoms with Crippen molar-refractivity contribution in [2.24, 2.45) is 5.73 Å².